The lowest BCUT2D eigenvalue weighted by Gasteiger charge is -2.22. The van der Waals surface area contributed by atoms with Crippen LogP contribution < -0.4 is 5.32 Å². The number of hydrogen-bond donors (Lipinski definition) is 2. The van der Waals surface area contributed by atoms with Crippen molar-refractivity contribution in [3.8, 4) is 0 Å². The lowest BCUT2D eigenvalue weighted by Crippen LogP contribution is -2.44. The Labute approximate surface area is 153 Å². The summed E-state index contributed by atoms with van der Waals surface area (Å²) in [5.74, 6) is -1.77. The van der Waals surface area contributed by atoms with Gasteiger partial charge in [-0.2, -0.15) is 0 Å². The normalized spacial score (nSPS) is 13.3. The fourth-order valence-corrected chi connectivity index (χ4v) is 1.60. The highest BCUT2D eigenvalue weighted by atomic mass is 16.7. The summed E-state index contributed by atoms with van der Waals surface area (Å²) in [6.45, 7) is 9.61. The van der Waals surface area contributed by atoms with Gasteiger partial charge in [-0.25, -0.2) is 9.59 Å². The monoisotopic (exact) mass is 372 g/mol. The van der Waals surface area contributed by atoms with Crippen LogP contribution in [0.1, 0.15) is 54.4 Å². The van der Waals surface area contributed by atoms with Crippen LogP contribution in [0.4, 0.5) is 4.79 Å². The van der Waals surface area contributed by atoms with E-state index < -0.39 is 47.7 Å². The molecule has 26 heavy (non-hydrogen) atoms. The van der Waals surface area contributed by atoms with Crippen molar-refractivity contribution >= 4 is 30.0 Å². The average molecular weight is 372 g/mol. The number of rotatable bonds is 9. The molecule has 0 heterocycles. The van der Waals surface area contributed by atoms with Crippen molar-refractivity contribution in [1.29, 1.82) is 5.41 Å². The van der Waals surface area contributed by atoms with Crippen LogP contribution in [0, 0.1) is 10.8 Å². The molecular weight excluding hydrogens is 344 g/mol. The average Bonchev–Trinajstić information content (AvgIpc) is 2.48. The third-order valence-electron chi connectivity index (χ3n) is 2.93. The van der Waals surface area contributed by atoms with Crippen molar-refractivity contribution in [1.82, 2.24) is 5.32 Å². The lowest BCUT2D eigenvalue weighted by atomic mass is 9.97. The number of carbonyl (C=O) groups excluding carboxylic acids is 4. The summed E-state index contributed by atoms with van der Waals surface area (Å²) in [5, 5.41) is 9.16. The molecule has 0 aliphatic rings. The van der Waals surface area contributed by atoms with Crippen molar-refractivity contribution in [3.63, 3.8) is 0 Å². The van der Waals surface area contributed by atoms with Gasteiger partial charge in [0.05, 0.1) is 17.7 Å². The molecule has 2 N–H and O–H groups in total. The zero-order valence-corrected chi connectivity index (χ0v) is 16.1. The van der Waals surface area contributed by atoms with Gasteiger partial charge in [0, 0.05) is 13.3 Å². The second-order valence-electron chi connectivity index (χ2n) is 6.96. The molecule has 2 atom stereocenters. The van der Waals surface area contributed by atoms with E-state index in [1.807, 2.05) is 0 Å². The van der Waals surface area contributed by atoms with Gasteiger partial charge < -0.3 is 24.9 Å². The Hall–Kier alpha value is -2.45. The van der Waals surface area contributed by atoms with Crippen molar-refractivity contribution in [3.05, 3.63) is 0 Å². The first-order chi connectivity index (χ1) is 11.9. The molecule has 0 fully saturated rings. The van der Waals surface area contributed by atoms with Gasteiger partial charge in [0.25, 0.3) is 0 Å². The van der Waals surface area contributed by atoms with E-state index in [9.17, 15) is 19.2 Å². The minimum atomic E-state index is -1.16. The van der Waals surface area contributed by atoms with E-state index in [1.165, 1.54) is 6.92 Å². The first-order valence-electron chi connectivity index (χ1n) is 8.28. The molecule has 0 aromatic heterocycles. The van der Waals surface area contributed by atoms with Crippen LogP contribution in [-0.4, -0.2) is 48.5 Å². The summed E-state index contributed by atoms with van der Waals surface area (Å²) in [6.07, 6.45) is -2.09. The van der Waals surface area contributed by atoms with Crippen LogP contribution >= 0.6 is 0 Å². The van der Waals surface area contributed by atoms with Crippen molar-refractivity contribution < 1.29 is 33.4 Å². The van der Waals surface area contributed by atoms with Crippen LogP contribution in [0.15, 0.2) is 0 Å². The highest BCUT2D eigenvalue weighted by Crippen LogP contribution is 2.16. The van der Waals surface area contributed by atoms with Crippen LogP contribution in [-0.2, 0) is 28.6 Å². The molecule has 0 aliphatic heterocycles. The lowest BCUT2D eigenvalue weighted by molar-refractivity contribution is -0.174. The Balaban J connectivity index is 4.78. The largest absolute Gasteiger partial charge is 0.461 e. The molecule has 0 saturated heterocycles. The third-order valence-corrected chi connectivity index (χ3v) is 2.93. The molecule has 148 valence electrons. The summed E-state index contributed by atoms with van der Waals surface area (Å²) in [4.78, 5) is 47.0. The molecule has 0 aromatic carbocycles. The predicted molar refractivity (Wildman–Crippen MR) is 92.7 cm³/mol. The number of carbonyl (C=O) groups is 4. The Morgan fingerprint density at radius 2 is 1.62 bits per heavy atom. The highest BCUT2D eigenvalue weighted by molar-refractivity contribution is 6.26. The van der Waals surface area contributed by atoms with Crippen molar-refractivity contribution in [2.24, 2.45) is 5.41 Å². The fourth-order valence-electron chi connectivity index (χ4n) is 1.60. The minimum absolute atomic E-state index is 0.0506. The summed E-state index contributed by atoms with van der Waals surface area (Å²) in [5.41, 5.74) is -0.759. The highest BCUT2D eigenvalue weighted by Gasteiger charge is 2.28. The predicted octanol–water partition coefficient (Wildman–Crippen LogP) is 1.97. The number of amides is 1. The van der Waals surface area contributed by atoms with Crippen LogP contribution in [0.3, 0.4) is 0 Å². The standard InChI is InChI=1S/C17H28N2O7/c1-10(2)24-14(21)13(8-7-12(20)9-18)19-16(23)26-11(3)25-15(22)17(4,5)6/h9-11,13,18H,7-8H2,1-6H3,(H,19,23). The number of Topliss-reactive ketones (excluding diaryl/α,β-unsaturated/α-hetero) is 1. The molecule has 0 aromatic rings. The maximum atomic E-state index is 12.0. The van der Waals surface area contributed by atoms with Gasteiger partial charge in [-0.15, -0.1) is 0 Å². The van der Waals surface area contributed by atoms with Gasteiger partial charge in [-0.05, 0) is 41.0 Å². The van der Waals surface area contributed by atoms with Crippen LogP contribution in [0.5, 0.6) is 0 Å². The molecule has 9 nitrogen and oxygen atoms in total. The maximum Gasteiger partial charge on any atom is 0.410 e. The van der Waals surface area contributed by atoms with Crippen molar-refractivity contribution in [2.75, 3.05) is 0 Å². The Kier molecular flexibility index (Phi) is 9.53. The smallest absolute Gasteiger partial charge is 0.410 e. The van der Waals surface area contributed by atoms with Gasteiger partial charge in [0.15, 0.2) is 5.78 Å². The first-order valence-corrected chi connectivity index (χ1v) is 8.28. The summed E-state index contributed by atoms with van der Waals surface area (Å²) >= 11 is 0. The van der Waals surface area contributed by atoms with E-state index in [0.29, 0.717) is 6.21 Å². The quantitative estimate of drug-likeness (QED) is 0.359. The Morgan fingerprint density at radius 3 is 2.08 bits per heavy atom. The first kappa shape index (κ1) is 23.5. The van der Waals surface area contributed by atoms with Gasteiger partial charge in [-0.3, -0.25) is 9.59 Å². The molecule has 9 heteroatoms. The van der Waals surface area contributed by atoms with Gasteiger partial charge in [-0.1, -0.05) is 0 Å². The van der Waals surface area contributed by atoms with Gasteiger partial charge >= 0.3 is 18.0 Å². The van der Waals surface area contributed by atoms with Crippen LogP contribution in [0.25, 0.3) is 0 Å². The molecule has 0 aliphatic carbocycles. The number of ether oxygens (including phenoxy) is 3. The third kappa shape index (κ3) is 9.75. The second-order valence-corrected chi connectivity index (χ2v) is 6.96. The Morgan fingerprint density at radius 1 is 1.04 bits per heavy atom. The fraction of sp³-hybridized carbons (Fsp3) is 0.706. The van der Waals surface area contributed by atoms with Gasteiger partial charge in [0.2, 0.25) is 6.29 Å². The number of esters is 2. The van der Waals surface area contributed by atoms with E-state index in [-0.39, 0.29) is 12.8 Å². The Bertz CT molecular complexity index is 538. The van der Waals surface area contributed by atoms with E-state index >= 15 is 0 Å². The van der Waals surface area contributed by atoms with Gasteiger partial charge in [0.1, 0.15) is 6.04 Å². The summed E-state index contributed by atoms with van der Waals surface area (Å²) in [7, 11) is 0. The number of hydrogen-bond acceptors (Lipinski definition) is 8. The molecule has 0 radical (unpaired) electrons. The van der Waals surface area contributed by atoms with E-state index in [1.54, 1.807) is 34.6 Å². The summed E-state index contributed by atoms with van der Waals surface area (Å²) in [6, 6.07) is -1.13. The van der Waals surface area contributed by atoms with Crippen LogP contribution in [0.2, 0.25) is 0 Å². The number of alkyl carbamates (subject to hydrolysis) is 1. The number of nitrogens with one attached hydrogen (secondary N) is 2. The molecule has 0 spiro atoms. The zero-order chi connectivity index (χ0) is 20.5. The molecule has 2 unspecified atom stereocenters. The molecule has 0 saturated carbocycles. The van der Waals surface area contributed by atoms with E-state index in [2.05, 4.69) is 5.32 Å². The topological polar surface area (TPSA) is 132 Å². The molecule has 1 amide bonds. The minimum Gasteiger partial charge on any atom is -0.461 e. The van der Waals surface area contributed by atoms with Crippen molar-refractivity contribution in [2.45, 2.75) is 72.8 Å². The number of ketones is 1. The van der Waals surface area contributed by atoms with E-state index in [0.717, 1.165) is 0 Å². The molecular formula is C17H28N2O7. The maximum absolute atomic E-state index is 12.0. The zero-order valence-electron chi connectivity index (χ0n) is 16.1. The SMILES string of the molecule is CC(C)OC(=O)C(CCC(=O)C=N)NC(=O)OC(C)OC(=O)C(C)(C)C. The molecule has 0 bridgehead atoms. The van der Waals surface area contributed by atoms with E-state index in [4.69, 9.17) is 19.6 Å². The second kappa shape index (κ2) is 10.5. The summed E-state index contributed by atoms with van der Waals surface area (Å²) < 4.78 is 14.9. The molecule has 0 rings (SSSR count).